The molecule has 1 heterocycles. The van der Waals surface area contributed by atoms with Gasteiger partial charge in [-0.05, 0) is 13.3 Å². The molecule has 5 nitrogen and oxygen atoms in total. The molecule has 1 fully saturated rings. The summed E-state index contributed by atoms with van der Waals surface area (Å²) in [4.78, 5) is 18.3. The van der Waals surface area contributed by atoms with Crippen molar-refractivity contribution in [2.45, 2.75) is 32.4 Å². The van der Waals surface area contributed by atoms with Gasteiger partial charge < -0.3 is 15.0 Å². The van der Waals surface area contributed by atoms with Gasteiger partial charge in [-0.15, -0.1) is 0 Å². The first-order chi connectivity index (χ1) is 9.62. The number of ether oxygens (including phenoxy) is 1. The summed E-state index contributed by atoms with van der Waals surface area (Å²) in [6, 6.07) is 0. The Labute approximate surface area is 126 Å². The van der Waals surface area contributed by atoms with Gasteiger partial charge >= 0.3 is 5.97 Å². The molecule has 1 aliphatic heterocycles. The highest BCUT2D eigenvalue weighted by Crippen LogP contribution is 2.21. The summed E-state index contributed by atoms with van der Waals surface area (Å²) in [7, 11) is 1.42. The first-order valence-corrected chi connectivity index (χ1v) is 8.39. The van der Waals surface area contributed by atoms with Crippen molar-refractivity contribution in [1.29, 1.82) is 0 Å². The molecule has 1 N–H and O–H groups in total. The molecule has 0 spiro atoms. The second-order valence-electron chi connectivity index (χ2n) is 4.97. The summed E-state index contributed by atoms with van der Waals surface area (Å²) in [5, 5.41) is 4.00. The van der Waals surface area contributed by atoms with Gasteiger partial charge in [-0.3, -0.25) is 9.79 Å². The lowest BCUT2D eigenvalue weighted by atomic mass is 10.2. The van der Waals surface area contributed by atoms with Gasteiger partial charge in [0.1, 0.15) is 0 Å². The molecule has 0 aliphatic carbocycles. The molecule has 2 atom stereocenters. The third-order valence-corrected chi connectivity index (χ3v) is 4.72. The average Bonchev–Trinajstić information content (AvgIpc) is 2.50. The van der Waals surface area contributed by atoms with E-state index in [1.807, 2.05) is 18.7 Å². The molecule has 0 aromatic heterocycles. The van der Waals surface area contributed by atoms with E-state index in [-0.39, 0.29) is 11.9 Å². The predicted octanol–water partition coefficient (Wildman–Crippen LogP) is 1.59. The van der Waals surface area contributed by atoms with E-state index in [1.54, 1.807) is 0 Å². The first kappa shape index (κ1) is 17.1. The molecule has 0 aromatic carbocycles. The molecule has 0 aromatic rings. The zero-order valence-electron chi connectivity index (χ0n) is 13.0. The number of guanidine groups is 1. The van der Waals surface area contributed by atoms with Crippen molar-refractivity contribution in [3.05, 3.63) is 0 Å². The Hall–Kier alpha value is -0.910. The van der Waals surface area contributed by atoms with Gasteiger partial charge in [0, 0.05) is 30.6 Å². The Morgan fingerprint density at radius 2 is 2.30 bits per heavy atom. The van der Waals surface area contributed by atoms with Gasteiger partial charge in [-0.25, -0.2) is 0 Å². The van der Waals surface area contributed by atoms with Crippen LogP contribution in [0, 0.1) is 5.92 Å². The number of nitrogens with zero attached hydrogens (tertiary/aromatic N) is 2. The fourth-order valence-corrected chi connectivity index (χ4v) is 3.26. The number of rotatable bonds is 5. The van der Waals surface area contributed by atoms with E-state index in [1.165, 1.54) is 13.5 Å². The Balaban J connectivity index is 2.64. The Morgan fingerprint density at radius 1 is 1.55 bits per heavy atom. The van der Waals surface area contributed by atoms with E-state index < -0.39 is 0 Å². The van der Waals surface area contributed by atoms with Gasteiger partial charge in [0.2, 0.25) is 0 Å². The third kappa shape index (κ3) is 5.23. The van der Waals surface area contributed by atoms with E-state index >= 15 is 0 Å². The van der Waals surface area contributed by atoms with E-state index in [0.29, 0.717) is 11.8 Å². The number of esters is 1. The normalized spacial score (nSPS) is 21.5. The summed E-state index contributed by atoms with van der Waals surface area (Å²) < 4.78 is 4.74. The summed E-state index contributed by atoms with van der Waals surface area (Å²) >= 11 is 2.04. The molecule has 116 valence electrons. The van der Waals surface area contributed by atoms with Crippen molar-refractivity contribution in [3.8, 4) is 0 Å². The third-order valence-electron chi connectivity index (χ3n) is 3.35. The van der Waals surface area contributed by atoms with Crippen LogP contribution in [0.25, 0.3) is 0 Å². The van der Waals surface area contributed by atoms with Gasteiger partial charge in [0.15, 0.2) is 5.96 Å². The number of thioether (sulfide) groups is 1. The minimum Gasteiger partial charge on any atom is -0.469 e. The first-order valence-electron chi connectivity index (χ1n) is 7.35. The van der Waals surface area contributed by atoms with Gasteiger partial charge in [-0.1, -0.05) is 13.8 Å². The van der Waals surface area contributed by atoms with Crippen molar-refractivity contribution >= 4 is 23.7 Å². The average molecular weight is 301 g/mol. The maximum Gasteiger partial charge on any atom is 0.310 e. The number of hydrogen-bond donors (Lipinski definition) is 1. The zero-order chi connectivity index (χ0) is 15.0. The molecule has 0 radical (unpaired) electrons. The molecular formula is C14H27N3O2S. The van der Waals surface area contributed by atoms with Crippen molar-refractivity contribution in [1.82, 2.24) is 10.2 Å². The van der Waals surface area contributed by atoms with E-state index in [0.717, 1.165) is 31.3 Å². The molecule has 0 saturated carbocycles. The van der Waals surface area contributed by atoms with Crippen molar-refractivity contribution in [2.75, 3.05) is 39.0 Å². The van der Waals surface area contributed by atoms with E-state index in [2.05, 4.69) is 29.1 Å². The highest BCUT2D eigenvalue weighted by Gasteiger charge is 2.22. The standard InChI is InChI=1S/C14H27N3O2S/c1-5-12-10-17(7-8-20-12)14(15-6-2)16-9-11(3)13(18)19-4/h11-12H,5-10H2,1-4H3,(H,15,16). The number of methoxy groups -OCH3 is 1. The van der Waals surface area contributed by atoms with Crippen molar-refractivity contribution < 1.29 is 9.53 Å². The molecule has 1 saturated heterocycles. The number of hydrogen-bond acceptors (Lipinski definition) is 4. The van der Waals surface area contributed by atoms with E-state index in [9.17, 15) is 4.79 Å². The van der Waals surface area contributed by atoms with Gasteiger partial charge in [0.05, 0.1) is 19.6 Å². The quantitative estimate of drug-likeness (QED) is 0.475. The maximum atomic E-state index is 11.4. The van der Waals surface area contributed by atoms with Gasteiger partial charge in [-0.2, -0.15) is 11.8 Å². The van der Waals surface area contributed by atoms with Crippen LogP contribution in [0.2, 0.25) is 0 Å². The predicted molar refractivity (Wildman–Crippen MR) is 85.3 cm³/mol. The lowest BCUT2D eigenvalue weighted by Crippen LogP contribution is -2.48. The summed E-state index contributed by atoms with van der Waals surface area (Å²) in [6.45, 7) is 9.49. The molecule has 6 heteroatoms. The van der Waals surface area contributed by atoms with Crippen LogP contribution in [0.1, 0.15) is 27.2 Å². The molecule has 2 unspecified atom stereocenters. The molecule has 0 amide bonds. The molecule has 0 bridgehead atoms. The largest absolute Gasteiger partial charge is 0.469 e. The minimum atomic E-state index is -0.203. The van der Waals surface area contributed by atoms with Crippen LogP contribution in [0.15, 0.2) is 4.99 Å². The van der Waals surface area contributed by atoms with Crippen LogP contribution in [0.4, 0.5) is 0 Å². The number of carbonyl (C=O) groups excluding carboxylic acids is 1. The lowest BCUT2D eigenvalue weighted by molar-refractivity contribution is -0.144. The second-order valence-corrected chi connectivity index (χ2v) is 6.37. The van der Waals surface area contributed by atoms with Crippen LogP contribution in [0.5, 0.6) is 0 Å². The highest BCUT2D eigenvalue weighted by molar-refractivity contribution is 8.00. The summed E-state index contributed by atoms with van der Waals surface area (Å²) in [6.07, 6.45) is 1.18. The van der Waals surface area contributed by atoms with Crippen LogP contribution in [-0.2, 0) is 9.53 Å². The van der Waals surface area contributed by atoms with Crippen LogP contribution >= 0.6 is 11.8 Å². The topological polar surface area (TPSA) is 53.9 Å². The molecule has 1 rings (SSSR count). The fourth-order valence-electron chi connectivity index (χ4n) is 2.08. The van der Waals surface area contributed by atoms with Crippen LogP contribution in [0.3, 0.4) is 0 Å². The fraction of sp³-hybridized carbons (Fsp3) is 0.857. The van der Waals surface area contributed by atoms with Crippen LogP contribution < -0.4 is 5.32 Å². The smallest absolute Gasteiger partial charge is 0.310 e. The number of nitrogens with one attached hydrogen (secondary N) is 1. The van der Waals surface area contributed by atoms with Gasteiger partial charge in [0.25, 0.3) is 0 Å². The Bertz CT molecular complexity index is 336. The maximum absolute atomic E-state index is 11.4. The number of carbonyl (C=O) groups is 1. The molecular weight excluding hydrogens is 274 g/mol. The minimum absolute atomic E-state index is 0.199. The molecule has 20 heavy (non-hydrogen) atoms. The SMILES string of the molecule is CCNC(=NCC(C)C(=O)OC)N1CCSC(CC)C1. The number of aliphatic imine (C=N–C) groups is 1. The van der Waals surface area contributed by atoms with E-state index in [4.69, 9.17) is 4.74 Å². The summed E-state index contributed by atoms with van der Waals surface area (Å²) in [5.74, 6) is 1.65. The molecule has 1 aliphatic rings. The second kappa shape index (κ2) is 9.10. The lowest BCUT2D eigenvalue weighted by Gasteiger charge is -2.34. The van der Waals surface area contributed by atoms with Crippen LogP contribution in [-0.4, -0.2) is 61.1 Å². The zero-order valence-corrected chi connectivity index (χ0v) is 13.8. The monoisotopic (exact) mass is 301 g/mol. The van der Waals surface area contributed by atoms with Crippen molar-refractivity contribution in [3.63, 3.8) is 0 Å². The highest BCUT2D eigenvalue weighted by atomic mass is 32.2. The Kier molecular flexibility index (Phi) is 7.80. The van der Waals surface area contributed by atoms with Crippen molar-refractivity contribution in [2.24, 2.45) is 10.9 Å². The Morgan fingerprint density at radius 3 is 2.90 bits per heavy atom. The summed E-state index contributed by atoms with van der Waals surface area (Å²) in [5.41, 5.74) is 0.